The van der Waals surface area contributed by atoms with Crippen LogP contribution in [0.5, 0.6) is 0 Å². The molecule has 0 heterocycles. The van der Waals surface area contributed by atoms with Crippen molar-refractivity contribution < 1.29 is 9.90 Å². The Kier molecular flexibility index (Phi) is 9.09. The number of carboxylic acid groups (broad SMARTS) is 1. The third-order valence-electron chi connectivity index (χ3n) is 2.89. The van der Waals surface area contributed by atoms with E-state index in [2.05, 4.69) is 16.7 Å². The van der Waals surface area contributed by atoms with E-state index in [0.29, 0.717) is 6.54 Å². The quantitative estimate of drug-likeness (QED) is 0.595. The zero-order chi connectivity index (χ0) is 13.3. The highest BCUT2D eigenvalue weighted by atomic mass is 16.4. The monoisotopic (exact) mass is 244 g/mol. The van der Waals surface area contributed by atoms with Gasteiger partial charge in [-0.05, 0) is 27.1 Å². The van der Waals surface area contributed by atoms with Crippen LogP contribution in [0.1, 0.15) is 33.1 Å². The zero-order valence-corrected chi connectivity index (χ0v) is 11.8. The van der Waals surface area contributed by atoms with Gasteiger partial charge in [-0.2, -0.15) is 0 Å². The third kappa shape index (κ3) is 9.12. The zero-order valence-electron chi connectivity index (χ0n) is 11.8. The number of likely N-dealkylation sites (N-methyl/N-ethyl adjacent to an activating group) is 1. The van der Waals surface area contributed by atoms with E-state index in [1.54, 1.807) is 6.92 Å². The summed E-state index contributed by atoms with van der Waals surface area (Å²) in [7, 11) is 4.09. The lowest BCUT2D eigenvalue weighted by Crippen LogP contribution is -2.37. The number of hydrogen-bond donors (Lipinski definition) is 1. The minimum absolute atomic E-state index is 0.279. The molecule has 1 atom stereocenters. The minimum Gasteiger partial charge on any atom is -0.481 e. The van der Waals surface area contributed by atoms with Gasteiger partial charge in [-0.15, -0.1) is 0 Å². The van der Waals surface area contributed by atoms with E-state index in [0.717, 1.165) is 26.1 Å². The summed E-state index contributed by atoms with van der Waals surface area (Å²) in [6, 6.07) is 0. The second-order valence-corrected chi connectivity index (χ2v) is 5.05. The molecule has 4 nitrogen and oxygen atoms in total. The molecular weight excluding hydrogens is 216 g/mol. The van der Waals surface area contributed by atoms with Gasteiger partial charge in [0.1, 0.15) is 0 Å². The molecule has 0 radical (unpaired) electrons. The van der Waals surface area contributed by atoms with Crippen molar-refractivity contribution in [1.29, 1.82) is 0 Å². The summed E-state index contributed by atoms with van der Waals surface area (Å²) in [4.78, 5) is 15.3. The first-order chi connectivity index (χ1) is 7.97. The lowest BCUT2D eigenvalue weighted by atomic mass is 10.1. The molecule has 102 valence electrons. The van der Waals surface area contributed by atoms with E-state index < -0.39 is 5.97 Å². The summed E-state index contributed by atoms with van der Waals surface area (Å²) in [5, 5.41) is 8.94. The Balaban J connectivity index is 4.04. The van der Waals surface area contributed by atoms with Crippen LogP contribution in [0.4, 0.5) is 0 Å². The highest BCUT2D eigenvalue weighted by molar-refractivity contribution is 5.69. The Bertz CT molecular complexity index is 208. The average molecular weight is 244 g/mol. The molecule has 1 N–H and O–H groups in total. The number of carboxylic acids is 1. The van der Waals surface area contributed by atoms with Crippen LogP contribution >= 0.6 is 0 Å². The number of carbonyl (C=O) groups is 1. The van der Waals surface area contributed by atoms with Gasteiger partial charge in [-0.1, -0.05) is 26.7 Å². The van der Waals surface area contributed by atoms with Gasteiger partial charge in [-0.25, -0.2) is 0 Å². The maximum absolute atomic E-state index is 10.9. The summed E-state index contributed by atoms with van der Waals surface area (Å²) >= 11 is 0. The third-order valence-corrected chi connectivity index (χ3v) is 2.89. The van der Waals surface area contributed by atoms with Gasteiger partial charge in [0.05, 0.1) is 5.92 Å². The number of unbranched alkanes of at least 4 members (excludes halogenated alkanes) is 2. The molecule has 0 aromatic heterocycles. The number of nitrogens with zero attached hydrogens (tertiary/aromatic N) is 2. The molecule has 0 aromatic carbocycles. The van der Waals surface area contributed by atoms with Gasteiger partial charge in [0.2, 0.25) is 0 Å². The van der Waals surface area contributed by atoms with Crippen molar-refractivity contribution in [2.75, 3.05) is 40.3 Å². The van der Waals surface area contributed by atoms with Gasteiger partial charge in [0.15, 0.2) is 0 Å². The van der Waals surface area contributed by atoms with E-state index >= 15 is 0 Å². The fraction of sp³-hybridized carbons (Fsp3) is 0.923. The molecule has 0 spiro atoms. The predicted molar refractivity (Wildman–Crippen MR) is 71.3 cm³/mol. The van der Waals surface area contributed by atoms with E-state index in [1.165, 1.54) is 12.8 Å². The summed E-state index contributed by atoms with van der Waals surface area (Å²) in [5.41, 5.74) is 0. The van der Waals surface area contributed by atoms with Gasteiger partial charge >= 0.3 is 5.97 Å². The maximum atomic E-state index is 10.9. The van der Waals surface area contributed by atoms with Gasteiger partial charge in [0, 0.05) is 19.6 Å². The van der Waals surface area contributed by atoms with E-state index in [1.807, 2.05) is 14.1 Å². The summed E-state index contributed by atoms with van der Waals surface area (Å²) < 4.78 is 0. The minimum atomic E-state index is -0.699. The lowest BCUT2D eigenvalue weighted by molar-refractivity contribution is -0.141. The molecule has 0 fully saturated rings. The predicted octanol–water partition coefficient (Wildman–Crippen LogP) is 1.76. The van der Waals surface area contributed by atoms with Crippen LogP contribution in [0.25, 0.3) is 0 Å². The summed E-state index contributed by atoms with van der Waals surface area (Å²) in [6.45, 7) is 7.58. The number of rotatable bonds is 10. The molecule has 0 aromatic rings. The van der Waals surface area contributed by atoms with E-state index in [9.17, 15) is 4.79 Å². The molecule has 4 heteroatoms. The van der Waals surface area contributed by atoms with E-state index in [-0.39, 0.29) is 5.92 Å². The van der Waals surface area contributed by atoms with Crippen molar-refractivity contribution in [3.63, 3.8) is 0 Å². The molecule has 0 amide bonds. The Morgan fingerprint density at radius 1 is 1.18 bits per heavy atom. The van der Waals surface area contributed by atoms with Crippen LogP contribution in [0, 0.1) is 5.92 Å². The standard InChI is InChI=1S/C13H28N2O2/c1-5-6-7-8-15(10-9-14(3)4)11-12(2)13(16)17/h12H,5-11H2,1-4H3,(H,16,17). The highest BCUT2D eigenvalue weighted by Crippen LogP contribution is 2.04. The van der Waals surface area contributed by atoms with Crippen molar-refractivity contribution in [1.82, 2.24) is 9.80 Å². The average Bonchev–Trinajstić information content (AvgIpc) is 2.25. The Morgan fingerprint density at radius 2 is 1.82 bits per heavy atom. The van der Waals surface area contributed by atoms with Crippen LogP contribution in [0.2, 0.25) is 0 Å². The molecule has 0 aliphatic carbocycles. The molecule has 0 rings (SSSR count). The summed E-state index contributed by atoms with van der Waals surface area (Å²) in [6.07, 6.45) is 3.59. The van der Waals surface area contributed by atoms with Gasteiger partial charge in [-0.3, -0.25) is 4.79 Å². The van der Waals surface area contributed by atoms with Crippen molar-refractivity contribution in [3.8, 4) is 0 Å². The van der Waals surface area contributed by atoms with Crippen LogP contribution < -0.4 is 0 Å². The molecule has 0 saturated heterocycles. The first-order valence-corrected chi connectivity index (χ1v) is 6.57. The highest BCUT2D eigenvalue weighted by Gasteiger charge is 2.15. The molecule has 0 aliphatic heterocycles. The largest absolute Gasteiger partial charge is 0.481 e. The van der Waals surface area contributed by atoms with Crippen molar-refractivity contribution in [2.45, 2.75) is 33.1 Å². The molecule has 17 heavy (non-hydrogen) atoms. The molecule has 1 unspecified atom stereocenters. The second kappa shape index (κ2) is 9.42. The topological polar surface area (TPSA) is 43.8 Å². The van der Waals surface area contributed by atoms with Crippen molar-refractivity contribution in [3.05, 3.63) is 0 Å². The summed E-state index contributed by atoms with van der Waals surface area (Å²) in [5.74, 6) is -0.978. The van der Waals surface area contributed by atoms with Crippen LogP contribution in [0.15, 0.2) is 0 Å². The number of aliphatic carboxylic acids is 1. The Morgan fingerprint density at radius 3 is 2.29 bits per heavy atom. The first kappa shape index (κ1) is 16.4. The van der Waals surface area contributed by atoms with Crippen LogP contribution in [-0.2, 0) is 4.79 Å². The SMILES string of the molecule is CCCCCN(CCN(C)C)CC(C)C(=O)O. The van der Waals surface area contributed by atoms with Crippen LogP contribution in [0.3, 0.4) is 0 Å². The van der Waals surface area contributed by atoms with E-state index in [4.69, 9.17) is 5.11 Å². The normalized spacial score (nSPS) is 13.3. The molecule has 0 saturated carbocycles. The Labute approximate surface area is 106 Å². The second-order valence-electron chi connectivity index (χ2n) is 5.05. The molecule has 0 aliphatic rings. The fourth-order valence-electron chi connectivity index (χ4n) is 1.69. The first-order valence-electron chi connectivity index (χ1n) is 6.57. The van der Waals surface area contributed by atoms with Crippen molar-refractivity contribution >= 4 is 5.97 Å². The molecule has 0 bridgehead atoms. The Hall–Kier alpha value is -0.610. The smallest absolute Gasteiger partial charge is 0.307 e. The maximum Gasteiger partial charge on any atom is 0.307 e. The van der Waals surface area contributed by atoms with Crippen molar-refractivity contribution in [2.24, 2.45) is 5.92 Å². The fourth-order valence-corrected chi connectivity index (χ4v) is 1.69. The lowest BCUT2D eigenvalue weighted by Gasteiger charge is -2.25. The van der Waals surface area contributed by atoms with Gasteiger partial charge in [0.25, 0.3) is 0 Å². The number of hydrogen-bond acceptors (Lipinski definition) is 3. The van der Waals surface area contributed by atoms with Crippen LogP contribution in [-0.4, -0.2) is 61.2 Å². The molecular formula is C13H28N2O2. The van der Waals surface area contributed by atoms with Gasteiger partial charge < -0.3 is 14.9 Å².